The van der Waals surface area contributed by atoms with Gasteiger partial charge in [0, 0.05) is 43.2 Å². The van der Waals surface area contributed by atoms with Crippen molar-refractivity contribution in [3.63, 3.8) is 0 Å². The number of anilines is 2. The number of nitrogens with one attached hydrogen (secondary N) is 1. The molecule has 0 atom stereocenters. The molecule has 8 heteroatoms. The lowest BCUT2D eigenvalue weighted by atomic mass is 10.2. The van der Waals surface area contributed by atoms with Gasteiger partial charge in [0.25, 0.3) is 0 Å². The fourth-order valence-electron chi connectivity index (χ4n) is 3.17. The van der Waals surface area contributed by atoms with E-state index in [4.69, 9.17) is 9.47 Å². The molecule has 1 saturated heterocycles. The van der Waals surface area contributed by atoms with Gasteiger partial charge in [-0.15, -0.1) is 0 Å². The highest BCUT2D eigenvalue weighted by molar-refractivity contribution is 5.80. The summed E-state index contributed by atoms with van der Waals surface area (Å²) in [5, 5.41) is 13.6. The van der Waals surface area contributed by atoms with Crippen molar-refractivity contribution in [2.45, 2.75) is 6.42 Å². The molecule has 3 aromatic rings. The van der Waals surface area contributed by atoms with Gasteiger partial charge in [-0.3, -0.25) is 10.4 Å². The average molecular weight is 419 g/mol. The van der Waals surface area contributed by atoms with Gasteiger partial charge in [0.2, 0.25) is 5.88 Å². The summed E-state index contributed by atoms with van der Waals surface area (Å²) >= 11 is 0. The van der Waals surface area contributed by atoms with Crippen molar-refractivity contribution >= 4 is 17.6 Å². The van der Waals surface area contributed by atoms with Crippen LogP contribution in [0, 0.1) is 0 Å². The molecule has 160 valence electrons. The van der Waals surface area contributed by atoms with Gasteiger partial charge in [-0.1, -0.05) is 6.07 Å². The highest BCUT2D eigenvalue weighted by Gasteiger charge is 2.14. The molecule has 0 amide bonds. The van der Waals surface area contributed by atoms with Gasteiger partial charge in [-0.25, -0.2) is 4.98 Å². The summed E-state index contributed by atoms with van der Waals surface area (Å²) in [6, 6.07) is 16.5. The first-order chi connectivity index (χ1) is 15.3. The highest BCUT2D eigenvalue weighted by atomic mass is 16.5. The maximum atomic E-state index is 9.38. The van der Waals surface area contributed by atoms with Gasteiger partial charge < -0.3 is 19.5 Å². The Hall–Kier alpha value is -3.65. The van der Waals surface area contributed by atoms with E-state index in [1.54, 1.807) is 36.7 Å². The Morgan fingerprint density at radius 3 is 2.74 bits per heavy atom. The Morgan fingerprint density at radius 1 is 1.13 bits per heavy atom. The molecule has 31 heavy (non-hydrogen) atoms. The standard InChI is InChI=1S/C23H25N5O3/c29-22-6-4-19(5-7-22)27-25-17-20-15-21(28-10-13-30-14-11-28)16-23(26-20)31-12-8-18-3-1-2-9-24-18/h1-7,9,15-17,27,29H,8,10-14H2/b25-17+. The molecule has 3 heterocycles. The molecule has 8 nitrogen and oxygen atoms in total. The Kier molecular flexibility index (Phi) is 6.92. The number of phenols is 1. The van der Waals surface area contributed by atoms with Gasteiger partial charge in [-0.05, 0) is 42.5 Å². The molecule has 2 N–H and O–H groups in total. The van der Waals surface area contributed by atoms with E-state index in [0.29, 0.717) is 37.8 Å². The first-order valence-corrected chi connectivity index (χ1v) is 10.2. The summed E-state index contributed by atoms with van der Waals surface area (Å²) in [4.78, 5) is 11.2. The van der Waals surface area contributed by atoms with Crippen LogP contribution in [0.1, 0.15) is 11.4 Å². The second-order valence-corrected chi connectivity index (χ2v) is 7.02. The molecular formula is C23H25N5O3. The maximum absolute atomic E-state index is 9.38. The molecule has 1 aromatic carbocycles. The number of nitrogens with zero attached hydrogens (tertiary/aromatic N) is 4. The van der Waals surface area contributed by atoms with E-state index in [1.165, 1.54) is 0 Å². The van der Waals surface area contributed by atoms with Crippen LogP contribution < -0.4 is 15.1 Å². The van der Waals surface area contributed by atoms with Crippen molar-refractivity contribution in [2.24, 2.45) is 5.10 Å². The van der Waals surface area contributed by atoms with Crippen LogP contribution in [-0.2, 0) is 11.2 Å². The number of aromatic nitrogens is 2. The fourth-order valence-corrected chi connectivity index (χ4v) is 3.17. The second kappa shape index (κ2) is 10.4. The van der Waals surface area contributed by atoms with Gasteiger partial charge in [0.05, 0.1) is 37.4 Å². The number of phenolic OH excluding ortho intramolecular Hbond substituents is 1. The summed E-state index contributed by atoms with van der Waals surface area (Å²) in [6.45, 7) is 3.52. The van der Waals surface area contributed by atoms with E-state index >= 15 is 0 Å². The molecule has 0 aliphatic carbocycles. The third-order valence-electron chi connectivity index (χ3n) is 4.77. The highest BCUT2D eigenvalue weighted by Crippen LogP contribution is 2.22. The van der Waals surface area contributed by atoms with Crippen molar-refractivity contribution in [3.05, 3.63) is 72.2 Å². The number of hydrazone groups is 1. The number of aromatic hydroxyl groups is 1. The lowest BCUT2D eigenvalue weighted by Gasteiger charge is -2.29. The largest absolute Gasteiger partial charge is 0.508 e. The van der Waals surface area contributed by atoms with Gasteiger partial charge in [0.1, 0.15) is 5.75 Å². The monoisotopic (exact) mass is 419 g/mol. The smallest absolute Gasteiger partial charge is 0.215 e. The number of morpholine rings is 1. The topological polar surface area (TPSA) is 92.1 Å². The van der Waals surface area contributed by atoms with Gasteiger partial charge in [0.15, 0.2) is 0 Å². The van der Waals surface area contributed by atoms with Gasteiger partial charge >= 0.3 is 0 Å². The summed E-state index contributed by atoms with van der Waals surface area (Å²) in [7, 11) is 0. The molecular weight excluding hydrogens is 394 g/mol. The van der Waals surface area contributed by atoms with Crippen LogP contribution in [0.3, 0.4) is 0 Å². The van der Waals surface area contributed by atoms with Crippen LogP contribution in [0.4, 0.5) is 11.4 Å². The lowest BCUT2D eigenvalue weighted by Crippen LogP contribution is -2.36. The number of pyridine rings is 2. The molecule has 1 fully saturated rings. The van der Waals surface area contributed by atoms with Crippen LogP contribution in [0.15, 0.2) is 65.9 Å². The van der Waals surface area contributed by atoms with Crippen molar-refractivity contribution < 1.29 is 14.6 Å². The van der Waals surface area contributed by atoms with Crippen LogP contribution in [0.5, 0.6) is 11.6 Å². The van der Waals surface area contributed by atoms with Crippen LogP contribution in [0.25, 0.3) is 0 Å². The van der Waals surface area contributed by atoms with Crippen LogP contribution in [0.2, 0.25) is 0 Å². The van der Waals surface area contributed by atoms with Crippen LogP contribution >= 0.6 is 0 Å². The van der Waals surface area contributed by atoms with Gasteiger partial charge in [-0.2, -0.15) is 5.10 Å². The molecule has 0 radical (unpaired) electrons. The summed E-state index contributed by atoms with van der Waals surface area (Å²) in [5.41, 5.74) is 6.39. The van der Waals surface area contributed by atoms with E-state index in [2.05, 4.69) is 25.4 Å². The van der Waals surface area contributed by atoms with Crippen molar-refractivity contribution in [3.8, 4) is 11.6 Å². The summed E-state index contributed by atoms with van der Waals surface area (Å²) in [6.07, 6.45) is 4.14. The van der Waals surface area contributed by atoms with Crippen molar-refractivity contribution in [1.29, 1.82) is 0 Å². The third-order valence-corrected chi connectivity index (χ3v) is 4.77. The molecule has 1 aliphatic rings. The Morgan fingerprint density at radius 2 is 1.97 bits per heavy atom. The lowest BCUT2D eigenvalue weighted by molar-refractivity contribution is 0.122. The molecule has 0 unspecified atom stereocenters. The second-order valence-electron chi connectivity index (χ2n) is 7.02. The zero-order valence-corrected chi connectivity index (χ0v) is 17.1. The minimum Gasteiger partial charge on any atom is -0.508 e. The minimum absolute atomic E-state index is 0.210. The Balaban J connectivity index is 1.46. The van der Waals surface area contributed by atoms with Crippen LogP contribution in [-0.4, -0.2) is 54.2 Å². The van der Waals surface area contributed by atoms with E-state index in [0.717, 1.165) is 30.2 Å². The number of rotatable bonds is 8. The Labute approximate surface area is 181 Å². The van der Waals surface area contributed by atoms with E-state index in [-0.39, 0.29) is 5.75 Å². The number of hydrogen-bond donors (Lipinski definition) is 2. The first-order valence-electron chi connectivity index (χ1n) is 10.2. The predicted octanol–water partition coefficient (Wildman–Crippen LogP) is 3.09. The number of ether oxygens (including phenoxy) is 2. The average Bonchev–Trinajstić information content (AvgIpc) is 2.82. The number of hydrogen-bond acceptors (Lipinski definition) is 8. The quantitative estimate of drug-likeness (QED) is 0.329. The predicted molar refractivity (Wildman–Crippen MR) is 120 cm³/mol. The number of benzene rings is 1. The SMILES string of the molecule is Oc1ccc(N/N=C/c2cc(N3CCOCC3)cc(OCCc3ccccn3)n2)cc1. The Bertz CT molecular complexity index is 990. The minimum atomic E-state index is 0.210. The third kappa shape index (κ3) is 6.16. The van der Waals surface area contributed by atoms with E-state index in [1.807, 2.05) is 30.3 Å². The van der Waals surface area contributed by atoms with Crippen molar-refractivity contribution in [2.75, 3.05) is 43.2 Å². The first kappa shape index (κ1) is 20.6. The molecule has 0 saturated carbocycles. The zero-order valence-electron chi connectivity index (χ0n) is 17.1. The van der Waals surface area contributed by atoms with Crippen molar-refractivity contribution in [1.82, 2.24) is 9.97 Å². The van der Waals surface area contributed by atoms with E-state index in [9.17, 15) is 5.11 Å². The molecule has 0 bridgehead atoms. The zero-order chi connectivity index (χ0) is 21.3. The normalized spacial score (nSPS) is 14.0. The molecule has 1 aliphatic heterocycles. The molecule has 0 spiro atoms. The molecule has 2 aromatic heterocycles. The molecule has 4 rings (SSSR count). The van der Waals surface area contributed by atoms with E-state index < -0.39 is 0 Å². The fraction of sp³-hybridized carbons (Fsp3) is 0.261. The maximum Gasteiger partial charge on any atom is 0.215 e. The summed E-state index contributed by atoms with van der Waals surface area (Å²) < 4.78 is 11.4. The summed E-state index contributed by atoms with van der Waals surface area (Å²) in [5.74, 6) is 0.757.